The number of anilines is 1. The molecular formula is C21H22ClN3OS. The number of hydrogen-bond donors (Lipinski definition) is 2. The van der Waals surface area contributed by atoms with Crippen molar-refractivity contribution in [1.29, 1.82) is 0 Å². The van der Waals surface area contributed by atoms with Crippen molar-refractivity contribution in [2.45, 2.75) is 44.7 Å². The second-order valence-electron chi connectivity index (χ2n) is 7.10. The van der Waals surface area contributed by atoms with Crippen LogP contribution in [0.3, 0.4) is 0 Å². The largest absolute Gasteiger partial charge is 0.382 e. The summed E-state index contributed by atoms with van der Waals surface area (Å²) in [4.78, 5) is 18.7. The molecule has 0 aliphatic heterocycles. The van der Waals surface area contributed by atoms with Crippen molar-refractivity contribution >= 4 is 45.4 Å². The van der Waals surface area contributed by atoms with Gasteiger partial charge in [0, 0.05) is 39.3 Å². The van der Waals surface area contributed by atoms with Crippen LogP contribution in [0.4, 0.5) is 5.69 Å². The molecule has 1 fully saturated rings. The quantitative estimate of drug-likeness (QED) is 0.616. The minimum atomic E-state index is 0.0570. The lowest BCUT2D eigenvalue weighted by Gasteiger charge is -2.30. The number of nitrogens with zero attached hydrogens (tertiary/aromatic N) is 1. The second kappa shape index (κ2) is 7.87. The second-order valence-corrected chi connectivity index (χ2v) is 8.82. The van der Waals surface area contributed by atoms with Gasteiger partial charge in [0.1, 0.15) is 0 Å². The number of rotatable bonds is 4. The number of halogens is 1. The molecule has 1 aromatic carbocycles. The lowest BCUT2D eigenvalue weighted by Crippen LogP contribution is -2.39. The number of amides is 1. The zero-order chi connectivity index (χ0) is 18.8. The molecule has 0 bridgehead atoms. The van der Waals surface area contributed by atoms with Crippen molar-refractivity contribution in [2.75, 3.05) is 5.32 Å². The highest BCUT2D eigenvalue weighted by atomic mass is 35.5. The Bertz CT molecular complexity index is 963. The van der Waals surface area contributed by atoms with E-state index >= 15 is 0 Å². The number of nitrogens with one attached hydrogen (secondary N) is 2. The van der Waals surface area contributed by atoms with Crippen molar-refractivity contribution in [3.8, 4) is 0 Å². The van der Waals surface area contributed by atoms with E-state index < -0.39 is 0 Å². The lowest BCUT2D eigenvalue weighted by molar-refractivity contribution is 0.0930. The van der Waals surface area contributed by atoms with Crippen LogP contribution in [0.15, 0.2) is 42.6 Å². The Balaban J connectivity index is 1.35. The van der Waals surface area contributed by atoms with Crippen LogP contribution in [0.1, 0.15) is 40.2 Å². The van der Waals surface area contributed by atoms with E-state index in [-0.39, 0.29) is 11.9 Å². The third kappa shape index (κ3) is 4.25. The van der Waals surface area contributed by atoms with Gasteiger partial charge >= 0.3 is 0 Å². The Morgan fingerprint density at radius 3 is 2.63 bits per heavy atom. The number of benzene rings is 1. The van der Waals surface area contributed by atoms with E-state index in [9.17, 15) is 4.79 Å². The summed E-state index contributed by atoms with van der Waals surface area (Å²) in [5, 5.41) is 8.63. The van der Waals surface area contributed by atoms with Crippen LogP contribution in [-0.2, 0) is 0 Å². The zero-order valence-electron chi connectivity index (χ0n) is 15.2. The summed E-state index contributed by atoms with van der Waals surface area (Å²) >= 11 is 7.62. The van der Waals surface area contributed by atoms with Gasteiger partial charge in [0.15, 0.2) is 0 Å². The highest BCUT2D eigenvalue weighted by Crippen LogP contribution is 2.28. The topological polar surface area (TPSA) is 54.0 Å². The van der Waals surface area contributed by atoms with E-state index in [0.717, 1.165) is 47.2 Å². The Morgan fingerprint density at radius 2 is 1.89 bits per heavy atom. The Morgan fingerprint density at radius 1 is 1.11 bits per heavy atom. The van der Waals surface area contributed by atoms with Crippen LogP contribution in [0.2, 0.25) is 5.02 Å². The molecular weight excluding hydrogens is 378 g/mol. The van der Waals surface area contributed by atoms with E-state index in [1.54, 1.807) is 11.3 Å². The van der Waals surface area contributed by atoms with Gasteiger partial charge in [-0.3, -0.25) is 9.78 Å². The van der Waals surface area contributed by atoms with E-state index in [4.69, 9.17) is 11.6 Å². The summed E-state index contributed by atoms with van der Waals surface area (Å²) < 4.78 is 0. The van der Waals surface area contributed by atoms with Crippen molar-refractivity contribution in [3.63, 3.8) is 0 Å². The fourth-order valence-corrected chi connectivity index (χ4v) is 4.60. The first-order valence-corrected chi connectivity index (χ1v) is 10.5. The summed E-state index contributed by atoms with van der Waals surface area (Å²) in [6.45, 7) is 2.02. The predicted molar refractivity (Wildman–Crippen MR) is 113 cm³/mol. The van der Waals surface area contributed by atoms with Gasteiger partial charge < -0.3 is 10.6 Å². The number of carbonyl (C=O) groups excluding carboxylic acids is 1. The molecule has 2 N–H and O–H groups in total. The van der Waals surface area contributed by atoms with Crippen LogP contribution in [-0.4, -0.2) is 23.0 Å². The summed E-state index contributed by atoms with van der Waals surface area (Å²) in [5.74, 6) is 0.0570. The highest BCUT2D eigenvalue weighted by molar-refractivity contribution is 7.13. The smallest absolute Gasteiger partial charge is 0.261 e. The van der Waals surface area contributed by atoms with Gasteiger partial charge in [0.2, 0.25) is 0 Å². The first kappa shape index (κ1) is 18.3. The number of pyridine rings is 1. The van der Waals surface area contributed by atoms with Gasteiger partial charge in [-0.15, -0.1) is 11.3 Å². The minimum Gasteiger partial charge on any atom is -0.382 e. The molecule has 2 heterocycles. The molecule has 140 valence electrons. The highest BCUT2D eigenvalue weighted by Gasteiger charge is 2.23. The molecule has 0 saturated heterocycles. The van der Waals surface area contributed by atoms with Gasteiger partial charge in [-0.1, -0.05) is 11.6 Å². The lowest BCUT2D eigenvalue weighted by atomic mass is 9.91. The number of carbonyl (C=O) groups is 1. The number of hydrogen-bond acceptors (Lipinski definition) is 4. The molecule has 1 amide bonds. The maximum atomic E-state index is 12.3. The van der Waals surface area contributed by atoms with Gasteiger partial charge in [0.25, 0.3) is 5.91 Å². The third-order valence-corrected chi connectivity index (χ3v) is 6.33. The van der Waals surface area contributed by atoms with E-state index in [0.29, 0.717) is 11.1 Å². The summed E-state index contributed by atoms with van der Waals surface area (Å²) in [6, 6.07) is 12.4. The van der Waals surface area contributed by atoms with Crippen LogP contribution in [0.25, 0.3) is 10.9 Å². The molecule has 1 aliphatic carbocycles. The molecule has 2 aromatic heterocycles. The Kier molecular flexibility index (Phi) is 5.32. The molecule has 4 rings (SSSR count). The van der Waals surface area contributed by atoms with Crippen LogP contribution < -0.4 is 10.6 Å². The molecule has 0 radical (unpaired) electrons. The number of aromatic nitrogens is 1. The molecule has 0 atom stereocenters. The molecule has 1 aliphatic rings. The Labute approximate surface area is 168 Å². The number of aryl methyl sites for hydroxylation is 1. The van der Waals surface area contributed by atoms with Crippen LogP contribution in [0, 0.1) is 6.92 Å². The zero-order valence-corrected chi connectivity index (χ0v) is 16.7. The normalized spacial score (nSPS) is 19.8. The van der Waals surface area contributed by atoms with Crippen LogP contribution in [0.5, 0.6) is 0 Å². The molecule has 1 saturated carbocycles. The van der Waals surface area contributed by atoms with Gasteiger partial charge in [-0.2, -0.15) is 0 Å². The number of fused-ring (bicyclic) bond motifs is 1. The van der Waals surface area contributed by atoms with Crippen molar-refractivity contribution in [2.24, 2.45) is 0 Å². The molecule has 0 spiro atoms. The minimum absolute atomic E-state index is 0.0570. The molecule has 4 nitrogen and oxygen atoms in total. The summed E-state index contributed by atoms with van der Waals surface area (Å²) in [7, 11) is 0. The maximum Gasteiger partial charge on any atom is 0.261 e. The van der Waals surface area contributed by atoms with Gasteiger partial charge in [-0.25, -0.2) is 0 Å². The van der Waals surface area contributed by atoms with Gasteiger partial charge in [-0.05, 0) is 69.0 Å². The third-order valence-electron chi connectivity index (χ3n) is 5.09. The van der Waals surface area contributed by atoms with Crippen molar-refractivity contribution < 1.29 is 4.79 Å². The molecule has 27 heavy (non-hydrogen) atoms. The maximum absolute atomic E-state index is 12.3. The Hall–Kier alpha value is -2.11. The van der Waals surface area contributed by atoms with Crippen molar-refractivity contribution in [3.05, 3.63) is 57.4 Å². The van der Waals surface area contributed by atoms with E-state index in [2.05, 4.69) is 15.6 Å². The standard InChI is InChI=1S/C21H22ClN3OS/c1-13-2-9-20(27-13)21(26)25-16-6-4-15(5-7-16)24-18-10-11-23-19-12-14(22)3-8-17(18)19/h2-3,8-12,15-16H,4-7H2,1H3,(H,23,24)(H,25,26). The van der Waals surface area contributed by atoms with E-state index in [1.165, 1.54) is 4.88 Å². The average molecular weight is 400 g/mol. The fraction of sp³-hybridized carbons (Fsp3) is 0.333. The first-order chi connectivity index (χ1) is 13.1. The first-order valence-electron chi connectivity index (χ1n) is 9.26. The number of thiophene rings is 1. The van der Waals surface area contributed by atoms with Gasteiger partial charge in [0.05, 0.1) is 10.4 Å². The molecule has 6 heteroatoms. The van der Waals surface area contributed by atoms with Crippen molar-refractivity contribution in [1.82, 2.24) is 10.3 Å². The monoisotopic (exact) mass is 399 g/mol. The fourth-order valence-electron chi connectivity index (χ4n) is 3.66. The average Bonchev–Trinajstić information content (AvgIpc) is 3.10. The van der Waals surface area contributed by atoms with E-state index in [1.807, 2.05) is 49.5 Å². The predicted octanol–water partition coefficient (Wildman–Crippen LogP) is 5.41. The SMILES string of the molecule is Cc1ccc(C(=O)NC2CCC(Nc3ccnc4cc(Cl)ccc34)CC2)s1. The summed E-state index contributed by atoms with van der Waals surface area (Å²) in [5.41, 5.74) is 2.00. The summed E-state index contributed by atoms with van der Waals surface area (Å²) in [6.07, 6.45) is 5.86. The van der Waals surface area contributed by atoms with Crippen LogP contribution >= 0.6 is 22.9 Å². The molecule has 3 aromatic rings. The molecule has 0 unspecified atom stereocenters.